The largest absolute Gasteiger partial charge is 0.508 e. The molecular weight excluding hydrogens is 320 g/mol. The van der Waals surface area contributed by atoms with Crippen LogP contribution >= 0.6 is 0 Å². The van der Waals surface area contributed by atoms with Gasteiger partial charge in [-0.3, -0.25) is 9.79 Å². The first-order valence-electron chi connectivity index (χ1n) is 8.63. The van der Waals surface area contributed by atoms with Gasteiger partial charge in [0.05, 0.1) is 7.11 Å². The Kier molecular flexibility index (Phi) is 6.91. The lowest BCUT2D eigenvalue weighted by atomic mass is 9.95. The number of likely N-dealkylation sites (tertiary alicyclic amines) is 1. The van der Waals surface area contributed by atoms with Crippen LogP contribution < -0.4 is 15.8 Å². The molecule has 1 unspecified atom stereocenters. The van der Waals surface area contributed by atoms with Crippen LogP contribution in [0.25, 0.3) is 0 Å². The molecule has 25 heavy (non-hydrogen) atoms. The number of carbonyl (C=O) groups excluding carboxylic acids is 1. The van der Waals surface area contributed by atoms with E-state index >= 15 is 0 Å². The Hall–Kier alpha value is -2.44. The second-order valence-electron chi connectivity index (χ2n) is 6.34. The molecule has 1 atom stereocenters. The predicted octanol–water partition coefficient (Wildman–Crippen LogP) is 1.11. The fourth-order valence-electron chi connectivity index (χ4n) is 3.23. The first kappa shape index (κ1) is 18.9. The molecule has 1 aromatic rings. The number of phenolic OH excluding ortho intramolecular Hbond substituents is 1. The molecule has 1 heterocycles. The molecule has 1 fully saturated rings. The average Bonchev–Trinajstić information content (AvgIpc) is 2.59. The number of ether oxygens (including phenoxy) is 1. The van der Waals surface area contributed by atoms with Crippen molar-refractivity contribution in [1.29, 1.82) is 0 Å². The van der Waals surface area contributed by atoms with Crippen LogP contribution in [0.3, 0.4) is 0 Å². The molecule has 7 nitrogen and oxygen atoms in total. The summed E-state index contributed by atoms with van der Waals surface area (Å²) in [5.41, 5.74) is 6.18. The molecular formula is C18H28N4O3. The first-order chi connectivity index (χ1) is 12.0. The number of guanidine groups is 1. The zero-order chi connectivity index (χ0) is 18.2. The molecule has 1 amide bonds. The van der Waals surface area contributed by atoms with Crippen LogP contribution in [0.5, 0.6) is 11.5 Å². The molecule has 1 aliphatic rings. The van der Waals surface area contributed by atoms with Crippen LogP contribution in [0.1, 0.15) is 24.8 Å². The normalized spacial score (nSPS) is 18.1. The molecule has 0 aliphatic carbocycles. The zero-order valence-corrected chi connectivity index (χ0v) is 15.0. The van der Waals surface area contributed by atoms with Gasteiger partial charge in [0.2, 0.25) is 5.91 Å². The van der Waals surface area contributed by atoms with Crippen LogP contribution in [0.15, 0.2) is 23.2 Å². The summed E-state index contributed by atoms with van der Waals surface area (Å²) in [6.07, 6.45) is 3.15. The van der Waals surface area contributed by atoms with Gasteiger partial charge in [0, 0.05) is 39.2 Å². The molecule has 1 aromatic carbocycles. The molecule has 2 rings (SSSR count). The van der Waals surface area contributed by atoms with Crippen LogP contribution in [0.4, 0.5) is 0 Å². The minimum absolute atomic E-state index is 0.232. The highest BCUT2D eigenvalue weighted by molar-refractivity contribution is 5.80. The number of aliphatic imine (C=N–C) groups is 1. The van der Waals surface area contributed by atoms with Gasteiger partial charge in [0.25, 0.3) is 0 Å². The van der Waals surface area contributed by atoms with Crippen molar-refractivity contribution in [3.8, 4) is 11.5 Å². The quantitative estimate of drug-likeness (QED) is 0.528. The molecule has 4 N–H and O–H groups in total. The minimum atomic E-state index is -0.246. The lowest BCUT2D eigenvalue weighted by Gasteiger charge is -2.34. The summed E-state index contributed by atoms with van der Waals surface area (Å²) in [5.74, 6) is 1.73. The van der Waals surface area contributed by atoms with E-state index in [-0.39, 0.29) is 17.6 Å². The van der Waals surface area contributed by atoms with Crippen molar-refractivity contribution in [3.05, 3.63) is 23.8 Å². The number of benzene rings is 1. The lowest BCUT2D eigenvalue weighted by Crippen LogP contribution is -2.47. The van der Waals surface area contributed by atoms with Crippen molar-refractivity contribution < 1.29 is 14.6 Å². The van der Waals surface area contributed by atoms with Gasteiger partial charge < -0.3 is 25.8 Å². The number of carbonyl (C=O) groups is 1. The number of primary amides is 1. The second-order valence-corrected chi connectivity index (χ2v) is 6.34. The van der Waals surface area contributed by atoms with Crippen LogP contribution in [-0.2, 0) is 11.2 Å². The average molecular weight is 348 g/mol. The molecule has 0 aromatic heterocycles. The van der Waals surface area contributed by atoms with E-state index < -0.39 is 0 Å². The number of rotatable bonds is 6. The van der Waals surface area contributed by atoms with Crippen LogP contribution in [-0.4, -0.2) is 55.7 Å². The number of hydrogen-bond acceptors (Lipinski definition) is 4. The molecule has 138 valence electrons. The van der Waals surface area contributed by atoms with Crippen molar-refractivity contribution in [2.75, 3.05) is 33.8 Å². The van der Waals surface area contributed by atoms with Gasteiger partial charge in [-0.25, -0.2) is 0 Å². The summed E-state index contributed by atoms with van der Waals surface area (Å²) in [6, 6.07) is 5.31. The summed E-state index contributed by atoms with van der Waals surface area (Å²) < 4.78 is 5.09. The number of nitrogens with two attached hydrogens (primary N) is 1. The van der Waals surface area contributed by atoms with E-state index in [0.29, 0.717) is 25.1 Å². The summed E-state index contributed by atoms with van der Waals surface area (Å²) in [5, 5.41) is 13.4. The summed E-state index contributed by atoms with van der Waals surface area (Å²) >= 11 is 0. The number of aromatic hydroxyl groups is 1. The first-order valence-corrected chi connectivity index (χ1v) is 8.63. The zero-order valence-electron chi connectivity index (χ0n) is 15.0. The van der Waals surface area contributed by atoms with Gasteiger partial charge in [0.1, 0.15) is 11.5 Å². The third-order valence-corrected chi connectivity index (χ3v) is 4.49. The molecule has 0 spiro atoms. The maximum atomic E-state index is 11.1. The Bertz CT molecular complexity index is 618. The Morgan fingerprint density at radius 3 is 2.96 bits per heavy atom. The Morgan fingerprint density at radius 1 is 1.52 bits per heavy atom. The Balaban J connectivity index is 1.87. The van der Waals surface area contributed by atoms with Crippen molar-refractivity contribution in [3.63, 3.8) is 0 Å². The summed E-state index contributed by atoms with van der Waals surface area (Å²) in [4.78, 5) is 17.7. The van der Waals surface area contributed by atoms with Gasteiger partial charge in [-0.05, 0) is 36.8 Å². The summed E-state index contributed by atoms with van der Waals surface area (Å²) in [6.45, 7) is 2.36. The van der Waals surface area contributed by atoms with E-state index in [9.17, 15) is 9.90 Å². The molecule has 1 aliphatic heterocycles. The highest BCUT2D eigenvalue weighted by Gasteiger charge is 2.23. The molecule has 7 heteroatoms. The number of methoxy groups -OCH3 is 1. The number of piperidine rings is 1. The Morgan fingerprint density at radius 2 is 2.32 bits per heavy atom. The third-order valence-electron chi connectivity index (χ3n) is 4.49. The fraction of sp³-hybridized carbons (Fsp3) is 0.556. The molecule has 0 bridgehead atoms. The highest BCUT2D eigenvalue weighted by atomic mass is 16.5. The number of amides is 1. The van der Waals surface area contributed by atoms with Gasteiger partial charge in [0.15, 0.2) is 5.96 Å². The maximum Gasteiger partial charge on any atom is 0.217 e. The van der Waals surface area contributed by atoms with Crippen molar-refractivity contribution in [2.24, 2.45) is 16.6 Å². The van der Waals surface area contributed by atoms with Crippen LogP contribution in [0, 0.1) is 5.92 Å². The number of nitrogens with one attached hydrogen (secondary N) is 1. The van der Waals surface area contributed by atoms with E-state index in [0.717, 1.165) is 37.5 Å². The fourth-order valence-corrected chi connectivity index (χ4v) is 3.23. The van der Waals surface area contributed by atoms with E-state index in [2.05, 4.69) is 15.2 Å². The molecule has 0 radical (unpaired) electrons. The molecule has 1 saturated heterocycles. The SMILES string of the molecule is CN=C(NCCc1ccc(OC)cc1O)N1CCCC(CC(N)=O)C1. The van der Waals surface area contributed by atoms with Gasteiger partial charge in [-0.2, -0.15) is 0 Å². The van der Waals surface area contributed by atoms with Crippen molar-refractivity contribution in [1.82, 2.24) is 10.2 Å². The second kappa shape index (κ2) is 9.15. The van der Waals surface area contributed by atoms with Gasteiger partial charge in [-0.1, -0.05) is 6.07 Å². The summed E-state index contributed by atoms with van der Waals surface area (Å²) in [7, 11) is 3.33. The monoisotopic (exact) mass is 348 g/mol. The van der Waals surface area contributed by atoms with Gasteiger partial charge in [-0.15, -0.1) is 0 Å². The highest BCUT2D eigenvalue weighted by Crippen LogP contribution is 2.23. The number of nitrogens with zero attached hydrogens (tertiary/aromatic N) is 2. The maximum absolute atomic E-state index is 11.1. The number of hydrogen-bond donors (Lipinski definition) is 3. The van der Waals surface area contributed by atoms with E-state index in [4.69, 9.17) is 10.5 Å². The Labute approximate surface area is 148 Å². The van der Waals surface area contributed by atoms with Crippen molar-refractivity contribution >= 4 is 11.9 Å². The van der Waals surface area contributed by atoms with Crippen molar-refractivity contribution in [2.45, 2.75) is 25.7 Å². The number of phenols is 1. The van der Waals surface area contributed by atoms with E-state index in [1.807, 2.05) is 12.1 Å². The van der Waals surface area contributed by atoms with Crippen LogP contribution in [0.2, 0.25) is 0 Å². The third kappa shape index (κ3) is 5.55. The van der Waals surface area contributed by atoms with E-state index in [1.165, 1.54) is 0 Å². The smallest absolute Gasteiger partial charge is 0.217 e. The topological polar surface area (TPSA) is 100 Å². The van der Waals surface area contributed by atoms with Gasteiger partial charge >= 0.3 is 0 Å². The lowest BCUT2D eigenvalue weighted by molar-refractivity contribution is -0.119. The predicted molar refractivity (Wildman–Crippen MR) is 97.8 cm³/mol. The minimum Gasteiger partial charge on any atom is -0.508 e. The molecule has 0 saturated carbocycles. The standard InChI is InChI=1S/C18H28N4O3/c1-20-18(22-9-3-4-13(12-22)10-17(19)24)21-8-7-14-5-6-15(25-2)11-16(14)23/h5-6,11,13,23H,3-4,7-10,12H2,1-2H3,(H2,19,24)(H,20,21). The van der Waals surface area contributed by atoms with E-state index in [1.54, 1.807) is 20.2 Å².